The summed E-state index contributed by atoms with van der Waals surface area (Å²) in [6.07, 6.45) is 2.82. The lowest BCUT2D eigenvalue weighted by Crippen LogP contribution is -2.31. The average molecular weight is 342 g/mol. The molecule has 0 spiro atoms. The third-order valence-corrected chi connectivity index (χ3v) is 6.99. The first kappa shape index (κ1) is 14.9. The van der Waals surface area contributed by atoms with Gasteiger partial charge in [0, 0.05) is 16.8 Å². The van der Waals surface area contributed by atoms with Crippen molar-refractivity contribution >= 4 is 38.6 Å². The van der Waals surface area contributed by atoms with Gasteiger partial charge in [0.05, 0.1) is 16.5 Å². The van der Waals surface area contributed by atoms with Crippen LogP contribution < -0.4 is 4.31 Å². The zero-order valence-electron chi connectivity index (χ0n) is 11.5. The van der Waals surface area contributed by atoms with Crippen LogP contribution in [0, 0.1) is 0 Å². The maximum atomic E-state index is 12.9. The van der Waals surface area contributed by atoms with Crippen LogP contribution in [0.4, 0.5) is 5.69 Å². The van der Waals surface area contributed by atoms with Crippen LogP contribution >= 0.6 is 22.9 Å². The van der Waals surface area contributed by atoms with Crippen molar-refractivity contribution in [3.63, 3.8) is 0 Å². The van der Waals surface area contributed by atoms with Gasteiger partial charge in [-0.3, -0.25) is 4.31 Å². The molecule has 0 bridgehead atoms. The van der Waals surface area contributed by atoms with Gasteiger partial charge in [0.1, 0.15) is 0 Å². The zero-order valence-corrected chi connectivity index (χ0v) is 13.8. The van der Waals surface area contributed by atoms with Gasteiger partial charge in [-0.05, 0) is 37.0 Å². The first-order valence-corrected chi connectivity index (χ1v) is 9.72. The van der Waals surface area contributed by atoms with Crippen LogP contribution in [0.1, 0.15) is 23.3 Å². The van der Waals surface area contributed by atoms with Crippen molar-refractivity contribution in [1.82, 2.24) is 0 Å². The van der Waals surface area contributed by atoms with Crippen LogP contribution in [0.2, 0.25) is 0 Å². The van der Waals surface area contributed by atoms with Crippen molar-refractivity contribution in [3.8, 4) is 0 Å². The number of rotatable bonds is 3. The van der Waals surface area contributed by atoms with Crippen molar-refractivity contribution < 1.29 is 8.42 Å². The third kappa shape index (κ3) is 2.82. The van der Waals surface area contributed by atoms with E-state index < -0.39 is 10.0 Å². The summed E-state index contributed by atoms with van der Waals surface area (Å²) in [4.78, 5) is 1.22. The molecular formula is C15H16ClNO2S2. The Hall–Kier alpha value is -1.04. The average Bonchev–Trinajstić information content (AvgIpc) is 2.87. The molecule has 3 nitrogen and oxygen atoms in total. The number of aryl methyl sites for hydroxylation is 1. The lowest BCUT2D eigenvalue weighted by atomic mass is 10.1. The molecule has 1 aromatic heterocycles. The number of fused-ring (bicyclic) bond motifs is 1. The largest absolute Gasteiger partial charge is 0.266 e. The molecule has 0 amide bonds. The van der Waals surface area contributed by atoms with Crippen LogP contribution in [0.25, 0.3) is 0 Å². The summed E-state index contributed by atoms with van der Waals surface area (Å²) < 4.78 is 27.4. The molecule has 6 heteroatoms. The van der Waals surface area contributed by atoms with Gasteiger partial charge in [0.2, 0.25) is 0 Å². The van der Waals surface area contributed by atoms with Gasteiger partial charge in [0.15, 0.2) is 0 Å². The van der Waals surface area contributed by atoms with Gasteiger partial charge < -0.3 is 0 Å². The minimum absolute atomic E-state index is 0.344. The summed E-state index contributed by atoms with van der Waals surface area (Å²) in [7, 11) is -3.50. The van der Waals surface area contributed by atoms with Crippen molar-refractivity contribution in [2.45, 2.75) is 30.0 Å². The van der Waals surface area contributed by atoms with Gasteiger partial charge in [-0.1, -0.05) is 18.2 Å². The monoisotopic (exact) mass is 341 g/mol. The molecule has 0 N–H and O–H groups in total. The molecule has 1 aliphatic rings. The normalized spacial score (nSPS) is 15.6. The predicted octanol–water partition coefficient (Wildman–Crippen LogP) is 4.02. The molecule has 0 radical (unpaired) electrons. The van der Waals surface area contributed by atoms with Crippen molar-refractivity contribution in [1.29, 1.82) is 0 Å². The molecule has 3 rings (SSSR count). The first-order valence-electron chi connectivity index (χ1n) is 6.87. The van der Waals surface area contributed by atoms with E-state index in [2.05, 4.69) is 0 Å². The van der Waals surface area contributed by atoms with Gasteiger partial charge in [-0.2, -0.15) is 0 Å². The van der Waals surface area contributed by atoms with E-state index in [1.165, 1.54) is 11.3 Å². The van der Waals surface area contributed by atoms with E-state index in [-0.39, 0.29) is 0 Å². The number of hydrogen-bond donors (Lipinski definition) is 0. The molecule has 2 aromatic rings. The molecule has 0 saturated heterocycles. The molecule has 21 heavy (non-hydrogen) atoms. The van der Waals surface area contributed by atoms with Gasteiger partial charge in [0.25, 0.3) is 10.0 Å². The van der Waals surface area contributed by atoms with E-state index in [0.29, 0.717) is 17.3 Å². The fourth-order valence-electron chi connectivity index (χ4n) is 2.60. The minimum Gasteiger partial charge on any atom is -0.266 e. The molecule has 1 aliphatic heterocycles. The summed E-state index contributed by atoms with van der Waals surface area (Å²) in [5, 5.41) is 1.68. The van der Waals surface area contributed by atoms with Crippen LogP contribution in [-0.2, 0) is 22.3 Å². The fraction of sp³-hybridized carbons (Fsp3) is 0.333. The molecule has 2 heterocycles. The number of nitrogens with zero attached hydrogens (tertiary/aromatic N) is 1. The number of hydrogen-bond acceptors (Lipinski definition) is 3. The molecule has 1 aromatic carbocycles. The van der Waals surface area contributed by atoms with Gasteiger partial charge >= 0.3 is 0 Å². The van der Waals surface area contributed by atoms with Crippen molar-refractivity contribution in [2.24, 2.45) is 0 Å². The number of sulfonamides is 1. The predicted molar refractivity (Wildman–Crippen MR) is 87.8 cm³/mol. The van der Waals surface area contributed by atoms with Crippen LogP contribution in [0.3, 0.4) is 0 Å². The first-order chi connectivity index (χ1) is 10.1. The van der Waals surface area contributed by atoms with Gasteiger partial charge in [-0.15, -0.1) is 22.9 Å². The zero-order chi connectivity index (χ0) is 14.9. The highest BCUT2D eigenvalue weighted by atomic mass is 35.5. The molecule has 112 valence electrons. The van der Waals surface area contributed by atoms with Crippen molar-refractivity contribution in [3.05, 3.63) is 46.2 Å². The Kier molecular flexibility index (Phi) is 4.24. The highest BCUT2D eigenvalue weighted by Crippen LogP contribution is 2.32. The van der Waals surface area contributed by atoms with E-state index in [1.807, 2.05) is 24.3 Å². The second kappa shape index (κ2) is 5.99. The second-order valence-electron chi connectivity index (χ2n) is 5.05. The quantitative estimate of drug-likeness (QED) is 0.791. The van der Waals surface area contributed by atoms with Crippen LogP contribution in [-0.4, -0.2) is 15.0 Å². The summed E-state index contributed by atoms with van der Waals surface area (Å²) in [5.41, 5.74) is 1.92. The summed E-state index contributed by atoms with van der Waals surface area (Å²) in [6.45, 7) is 0.533. The summed E-state index contributed by atoms with van der Waals surface area (Å²) in [6, 6.07) is 9.45. The Balaban J connectivity index is 2.06. The lowest BCUT2D eigenvalue weighted by molar-refractivity contribution is 0.589. The Morgan fingerprint density at radius 3 is 2.81 bits per heavy atom. The van der Waals surface area contributed by atoms with Crippen molar-refractivity contribution in [2.75, 3.05) is 10.8 Å². The Bertz CT molecular complexity index is 740. The van der Waals surface area contributed by atoms with E-state index in [9.17, 15) is 8.42 Å². The highest BCUT2D eigenvalue weighted by Gasteiger charge is 2.28. The molecule has 0 aliphatic carbocycles. The molecule has 0 unspecified atom stereocenters. The summed E-state index contributed by atoms with van der Waals surface area (Å²) >= 11 is 7.17. The lowest BCUT2D eigenvalue weighted by Gasteiger charge is -2.23. The topological polar surface area (TPSA) is 37.4 Å². The number of anilines is 1. The Morgan fingerprint density at radius 1 is 1.24 bits per heavy atom. The third-order valence-electron chi connectivity index (χ3n) is 3.67. The maximum Gasteiger partial charge on any atom is 0.265 e. The maximum absolute atomic E-state index is 12.9. The number of benzene rings is 1. The Labute approximate surface area is 134 Å². The van der Waals surface area contributed by atoms with Crippen LogP contribution in [0.15, 0.2) is 40.6 Å². The minimum atomic E-state index is -3.50. The second-order valence-corrected chi connectivity index (χ2v) is 8.17. The number of thiophene rings is 1. The standard InChI is InChI=1S/C15H16ClNO2S2/c16-10-13-9-14(11-20-13)21(18,19)17-8-4-3-6-12-5-1-2-7-15(12)17/h1-2,5,7,9,11H,3-4,6,8,10H2. The number of alkyl halides is 1. The number of halogens is 1. The van der Waals surface area contributed by atoms with Crippen LogP contribution in [0.5, 0.6) is 0 Å². The molecule has 0 fully saturated rings. The molecule has 0 atom stereocenters. The molecular weight excluding hydrogens is 326 g/mol. The fourth-order valence-corrected chi connectivity index (χ4v) is 5.52. The number of para-hydroxylation sites is 1. The Morgan fingerprint density at radius 2 is 2.05 bits per heavy atom. The SMILES string of the molecule is O=S(=O)(c1csc(CCl)c1)N1CCCCc2ccccc21. The highest BCUT2D eigenvalue weighted by molar-refractivity contribution is 7.93. The smallest absolute Gasteiger partial charge is 0.265 e. The molecule has 0 saturated carbocycles. The van der Waals surface area contributed by atoms with Gasteiger partial charge in [-0.25, -0.2) is 8.42 Å². The van der Waals surface area contributed by atoms with E-state index in [4.69, 9.17) is 11.6 Å². The summed E-state index contributed by atoms with van der Waals surface area (Å²) in [5.74, 6) is 0.344. The van der Waals surface area contributed by atoms with E-state index in [1.54, 1.807) is 15.8 Å². The van der Waals surface area contributed by atoms with E-state index >= 15 is 0 Å². The van der Waals surface area contributed by atoms with E-state index in [0.717, 1.165) is 35.4 Å².